The molecule has 94 valence electrons. The number of hydrogen-bond acceptors (Lipinski definition) is 2. The van der Waals surface area contributed by atoms with Crippen LogP contribution >= 0.6 is 0 Å². The molecule has 0 radical (unpaired) electrons. The Bertz CT molecular complexity index is 405. The first-order chi connectivity index (χ1) is 8.15. The van der Waals surface area contributed by atoms with Crippen molar-refractivity contribution in [1.29, 1.82) is 0 Å². The highest BCUT2D eigenvalue weighted by Crippen LogP contribution is 2.28. The second-order valence-electron chi connectivity index (χ2n) is 5.16. The van der Waals surface area contributed by atoms with Gasteiger partial charge in [-0.2, -0.15) is 0 Å². The smallest absolute Gasteiger partial charge is 0.0489 e. The van der Waals surface area contributed by atoms with Gasteiger partial charge in [0.15, 0.2) is 0 Å². The molecule has 1 saturated carbocycles. The van der Waals surface area contributed by atoms with Crippen molar-refractivity contribution < 1.29 is 4.21 Å². The lowest BCUT2D eigenvalue weighted by molar-refractivity contribution is 0.389. The van der Waals surface area contributed by atoms with E-state index in [9.17, 15) is 4.21 Å². The molecule has 3 heteroatoms. The summed E-state index contributed by atoms with van der Waals surface area (Å²) in [4.78, 5) is 0. The second kappa shape index (κ2) is 5.67. The van der Waals surface area contributed by atoms with Crippen molar-refractivity contribution in [3.63, 3.8) is 0 Å². The van der Waals surface area contributed by atoms with Crippen LogP contribution in [0.2, 0.25) is 0 Å². The van der Waals surface area contributed by atoms with E-state index in [2.05, 4.69) is 6.92 Å². The first kappa shape index (κ1) is 12.6. The zero-order valence-corrected chi connectivity index (χ0v) is 11.2. The third kappa shape index (κ3) is 3.56. The van der Waals surface area contributed by atoms with Crippen molar-refractivity contribution >= 4 is 16.5 Å². The number of anilines is 1. The van der Waals surface area contributed by atoms with Crippen LogP contribution in [0.4, 0.5) is 5.69 Å². The molecule has 3 atom stereocenters. The molecule has 0 amide bonds. The molecular formula is C14H21NOS. The normalized spacial score (nSPS) is 26.6. The highest BCUT2D eigenvalue weighted by molar-refractivity contribution is 7.84. The minimum absolute atomic E-state index is 0.389. The van der Waals surface area contributed by atoms with E-state index in [1.165, 1.54) is 12.8 Å². The third-order valence-corrected chi connectivity index (χ3v) is 5.31. The Morgan fingerprint density at radius 2 is 2.24 bits per heavy atom. The summed E-state index contributed by atoms with van der Waals surface area (Å²) in [5.74, 6) is 1.39. The number of rotatable bonds is 3. The zero-order chi connectivity index (χ0) is 12.3. The summed E-state index contributed by atoms with van der Waals surface area (Å²) in [5.41, 5.74) is 7.60. The van der Waals surface area contributed by atoms with E-state index in [0.717, 1.165) is 30.0 Å². The minimum Gasteiger partial charge on any atom is -0.399 e. The lowest BCUT2D eigenvalue weighted by Crippen LogP contribution is -2.23. The van der Waals surface area contributed by atoms with Crippen LogP contribution in [0.25, 0.3) is 0 Å². The van der Waals surface area contributed by atoms with Crippen LogP contribution in [-0.4, -0.2) is 9.46 Å². The molecule has 1 aromatic carbocycles. The van der Waals surface area contributed by atoms with E-state index in [1.807, 2.05) is 24.3 Å². The second-order valence-corrected chi connectivity index (χ2v) is 6.88. The quantitative estimate of drug-likeness (QED) is 0.839. The molecule has 1 aromatic rings. The molecule has 17 heavy (non-hydrogen) atoms. The van der Waals surface area contributed by atoms with Gasteiger partial charge >= 0.3 is 0 Å². The summed E-state index contributed by atoms with van der Waals surface area (Å²) < 4.78 is 12.3. The monoisotopic (exact) mass is 251 g/mol. The third-order valence-electron chi connectivity index (χ3n) is 3.52. The molecule has 0 saturated heterocycles. The maximum absolute atomic E-state index is 12.3. The maximum atomic E-state index is 12.3. The molecule has 3 unspecified atom stereocenters. The van der Waals surface area contributed by atoms with Crippen LogP contribution in [0.3, 0.4) is 0 Å². The molecule has 0 aliphatic heterocycles. The van der Waals surface area contributed by atoms with Crippen molar-refractivity contribution in [2.24, 2.45) is 5.92 Å². The van der Waals surface area contributed by atoms with Gasteiger partial charge < -0.3 is 5.73 Å². The lowest BCUT2D eigenvalue weighted by Gasteiger charge is -2.26. The van der Waals surface area contributed by atoms with Crippen LogP contribution in [0.5, 0.6) is 0 Å². The molecule has 0 bridgehead atoms. The Morgan fingerprint density at radius 1 is 1.41 bits per heavy atom. The summed E-state index contributed by atoms with van der Waals surface area (Å²) in [5, 5.41) is 0.389. The van der Waals surface area contributed by atoms with E-state index in [4.69, 9.17) is 5.73 Å². The Morgan fingerprint density at radius 3 is 2.94 bits per heavy atom. The van der Waals surface area contributed by atoms with Crippen LogP contribution in [-0.2, 0) is 16.6 Å². The van der Waals surface area contributed by atoms with Crippen molar-refractivity contribution in [2.45, 2.75) is 43.6 Å². The fourth-order valence-electron chi connectivity index (χ4n) is 2.58. The van der Waals surface area contributed by atoms with Gasteiger partial charge in [-0.3, -0.25) is 4.21 Å². The Hall–Kier alpha value is -0.830. The van der Waals surface area contributed by atoms with Crippen molar-refractivity contribution in [3.8, 4) is 0 Å². The largest absolute Gasteiger partial charge is 0.399 e. The van der Waals surface area contributed by atoms with Gasteiger partial charge in [0, 0.05) is 27.5 Å². The molecule has 2 N–H and O–H groups in total. The molecule has 0 heterocycles. The fraction of sp³-hybridized carbons (Fsp3) is 0.571. The molecule has 1 aliphatic rings. The van der Waals surface area contributed by atoms with Gasteiger partial charge in [-0.25, -0.2) is 0 Å². The van der Waals surface area contributed by atoms with Gasteiger partial charge in [0.1, 0.15) is 0 Å². The maximum Gasteiger partial charge on any atom is 0.0489 e. The molecule has 2 rings (SSSR count). The van der Waals surface area contributed by atoms with Crippen LogP contribution in [0.15, 0.2) is 24.3 Å². The fourth-order valence-corrected chi connectivity index (χ4v) is 4.30. The van der Waals surface area contributed by atoms with Crippen molar-refractivity contribution in [3.05, 3.63) is 29.8 Å². The van der Waals surface area contributed by atoms with E-state index < -0.39 is 10.8 Å². The summed E-state index contributed by atoms with van der Waals surface area (Å²) in [6.45, 7) is 2.27. The van der Waals surface area contributed by atoms with Crippen molar-refractivity contribution in [1.82, 2.24) is 0 Å². The summed E-state index contributed by atoms with van der Waals surface area (Å²) >= 11 is 0. The van der Waals surface area contributed by atoms with Crippen LogP contribution < -0.4 is 5.73 Å². The number of benzene rings is 1. The lowest BCUT2D eigenvalue weighted by atomic mass is 9.91. The highest BCUT2D eigenvalue weighted by Gasteiger charge is 2.23. The zero-order valence-electron chi connectivity index (χ0n) is 10.4. The Balaban J connectivity index is 1.96. The van der Waals surface area contributed by atoms with Gasteiger partial charge in [-0.1, -0.05) is 31.9 Å². The predicted octanol–water partition coefficient (Wildman–Crippen LogP) is 3.10. The number of hydrogen-bond donors (Lipinski definition) is 1. The predicted molar refractivity (Wildman–Crippen MR) is 74.1 cm³/mol. The molecule has 1 fully saturated rings. The molecule has 1 aliphatic carbocycles. The highest BCUT2D eigenvalue weighted by atomic mass is 32.2. The SMILES string of the molecule is CC1CCCC(S(=O)Cc2cccc(N)c2)C1. The average molecular weight is 251 g/mol. The van der Waals surface area contributed by atoms with Crippen LogP contribution in [0.1, 0.15) is 38.2 Å². The summed E-state index contributed by atoms with van der Waals surface area (Å²) in [7, 11) is -0.742. The number of nitrogen functional groups attached to an aromatic ring is 1. The van der Waals surface area contributed by atoms with E-state index in [1.54, 1.807) is 0 Å². The van der Waals surface area contributed by atoms with Crippen LogP contribution in [0, 0.1) is 5.92 Å². The molecular weight excluding hydrogens is 230 g/mol. The summed E-state index contributed by atoms with van der Waals surface area (Å²) in [6, 6.07) is 7.76. The topological polar surface area (TPSA) is 43.1 Å². The van der Waals surface area contributed by atoms with Gasteiger partial charge in [0.05, 0.1) is 0 Å². The minimum atomic E-state index is -0.742. The first-order valence-corrected chi connectivity index (χ1v) is 7.75. The standard InChI is InChI=1S/C14H21NOS/c1-11-4-2-7-14(8-11)17(16)10-12-5-3-6-13(15)9-12/h3,5-6,9,11,14H,2,4,7-8,10,15H2,1H3. The Kier molecular flexibility index (Phi) is 4.21. The van der Waals surface area contributed by atoms with Gasteiger partial charge in [0.25, 0.3) is 0 Å². The Labute approximate surface area is 106 Å². The molecule has 0 aromatic heterocycles. The number of nitrogens with two attached hydrogens (primary N) is 1. The summed E-state index contributed by atoms with van der Waals surface area (Å²) in [6.07, 6.45) is 4.77. The van der Waals surface area contributed by atoms with E-state index in [-0.39, 0.29) is 0 Å². The van der Waals surface area contributed by atoms with Gasteiger partial charge in [-0.05, 0) is 36.5 Å². The van der Waals surface area contributed by atoms with Crippen molar-refractivity contribution in [2.75, 3.05) is 5.73 Å². The molecule has 2 nitrogen and oxygen atoms in total. The van der Waals surface area contributed by atoms with Gasteiger partial charge in [-0.15, -0.1) is 0 Å². The average Bonchev–Trinajstić information content (AvgIpc) is 2.29. The molecule has 0 spiro atoms. The van der Waals surface area contributed by atoms with Gasteiger partial charge in [0.2, 0.25) is 0 Å². The first-order valence-electron chi connectivity index (χ1n) is 6.36. The van der Waals surface area contributed by atoms with E-state index >= 15 is 0 Å². The van der Waals surface area contributed by atoms with E-state index in [0.29, 0.717) is 11.0 Å².